The van der Waals surface area contributed by atoms with E-state index in [4.69, 9.17) is 5.73 Å². The van der Waals surface area contributed by atoms with E-state index in [0.717, 1.165) is 23.1 Å². The fourth-order valence-electron chi connectivity index (χ4n) is 2.06. The molecule has 1 aromatic carbocycles. The third-order valence-corrected chi connectivity index (χ3v) is 3.88. The molecule has 0 spiro atoms. The zero-order valence-corrected chi connectivity index (χ0v) is 12.0. The average Bonchev–Trinajstić information content (AvgIpc) is 2.80. The van der Waals surface area contributed by atoms with E-state index in [-0.39, 0.29) is 11.9 Å². The van der Waals surface area contributed by atoms with Crippen LogP contribution in [0.3, 0.4) is 0 Å². The molecule has 1 amide bonds. The van der Waals surface area contributed by atoms with Crippen molar-refractivity contribution < 1.29 is 4.79 Å². The van der Waals surface area contributed by atoms with Gasteiger partial charge < -0.3 is 16.0 Å². The lowest BCUT2D eigenvalue weighted by Crippen LogP contribution is -2.36. The van der Waals surface area contributed by atoms with Crippen molar-refractivity contribution in [1.29, 1.82) is 0 Å². The van der Waals surface area contributed by atoms with Crippen LogP contribution in [0.15, 0.2) is 24.4 Å². The number of thioether (sulfide) groups is 1. The molecule has 0 aliphatic rings. The van der Waals surface area contributed by atoms with Gasteiger partial charge in [0.05, 0.1) is 5.56 Å². The zero-order chi connectivity index (χ0) is 13.8. The normalized spacial score (nSPS) is 12.5. The Morgan fingerprint density at radius 2 is 2.32 bits per heavy atom. The smallest absolute Gasteiger partial charge is 0.253 e. The molecule has 0 aliphatic carbocycles. The van der Waals surface area contributed by atoms with Gasteiger partial charge in [0, 0.05) is 34.6 Å². The minimum Gasteiger partial charge on any atom is -0.399 e. The summed E-state index contributed by atoms with van der Waals surface area (Å²) in [4.78, 5) is 15.4. The van der Waals surface area contributed by atoms with Gasteiger partial charge in [-0.05, 0) is 30.9 Å². The number of carbonyl (C=O) groups excluding carboxylic acids is 1. The summed E-state index contributed by atoms with van der Waals surface area (Å²) in [7, 11) is 0. The van der Waals surface area contributed by atoms with Gasteiger partial charge in [0.2, 0.25) is 0 Å². The van der Waals surface area contributed by atoms with Crippen LogP contribution >= 0.6 is 11.8 Å². The van der Waals surface area contributed by atoms with Gasteiger partial charge in [0.15, 0.2) is 0 Å². The van der Waals surface area contributed by atoms with Crippen molar-refractivity contribution >= 4 is 34.3 Å². The standard InChI is InChI=1S/C14H19N3OS/c1-3-10(8-19-2)17-14(18)12-7-16-13-6-9(15)4-5-11(12)13/h4-7,10,16H,3,8,15H2,1-2H3,(H,17,18). The summed E-state index contributed by atoms with van der Waals surface area (Å²) in [5.41, 5.74) is 7.98. The highest BCUT2D eigenvalue weighted by molar-refractivity contribution is 7.98. The first kappa shape index (κ1) is 13.8. The molecule has 1 atom stereocenters. The van der Waals surface area contributed by atoms with Crippen molar-refractivity contribution in [2.24, 2.45) is 0 Å². The summed E-state index contributed by atoms with van der Waals surface area (Å²) < 4.78 is 0. The molecule has 19 heavy (non-hydrogen) atoms. The zero-order valence-electron chi connectivity index (χ0n) is 11.2. The van der Waals surface area contributed by atoms with Gasteiger partial charge >= 0.3 is 0 Å². The first-order chi connectivity index (χ1) is 9.15. The number of benzene rings is 1. The molecule has 2 rings (SSSR count). The van der Waals surface area contributed by atoms with Gasteiger partial charge in [0.25, 0.3) is 5.91 Å². The average molecular weight is 277 g/mol. The number of nitrogens with one attached hydrogen (secondary N) is 2. The molecule has 102 valence electrons. The summed E-state index contributed by atoms with van der Waals surface area (Å²) in [6, 6.07) is 5.74. The van der Waals surface area contributed by atoms with Crippen molar-refractivity contribution in [3.8, 4) is 0 Å². The van der Waals surface area contributed by atoms with E-state index < -0.39 is 0 Å². The number of H-pyrrole nitrogens is 1. The first-order valence-corrected chi connectivity index (χ1v) is 7.71. The summed E-state index contributed by atoms with van der Waals surface area (Å²) >= 11 is 1.74. The maximum Gasteiger partial charge on any atom is 0.253 e. The van der Waals surface area contributed by atoms with Gasteiger partial charge in [-0.25, -0.2) is 0 Å². The third-order valence-electron chi connectivity index (χ3n) is 3.15. The fourth-order valence-corrected chi connectivity index (χ4v) is 2.78. The van der Waals surface area contributed by atoms with Crippen LogP contribution in [0.4, 0.5) is 5.69 Å². The molecule has 2 aromatic rings. The van der Waals surface area contributed by atoms with Crippen LogP contribution in [0.1, 0.15) is 23.7 Å². The van der Waals surface area contributed by atoms with Crippen LogP contribution in [-0.4, -0.2) is 28.9 Å². The summed E-state index contributed by atoms with van der Waals surface area (Å²) in [5.74, 6) is 0.897. The molecule has 1 heterocycles. The number of rotatable bonds is 5. The predicted octanol–water partition coefficient (Wildman–Crippen LogP) is 2.62. The van der Waals surface area contributed by atoms with E-state index in [2.05, 4.69) is 17.2 Å². The second kappa shape index (κ2) is 6.02. The largest absolute Gasteiger partial charge is 0.399 e. The quantitative estimate of drug-likeness (QED) is 0.736. The van der Waals surface area contributed by atoms with Crippen molar-refractivity contribution in [1.82, 2.24) is 10.3 Å². The summed E-state index contributed by atoms with van der Waals surface area (Å²) in [6.07, 6.45) is 4.72. The molecule has 1 aromatic heterocycles. The monoisotopic (exact) mass is 277 g/mol. The molecule has 0 fully saturated rings. The highest BCUT2D eigenvalue weighted by Crippen LogP contribution is 2.20. The number of aromatic nitrogens is 1. The van der Waals surface area contributed by atoms with E-state index in [1.807, 2.05) is 24.5 Å². The third kappa shape index (κ3) is 3.04. The maximum atomic E-state index is 12.3. The van der Waals surface area contributed by atoms with Crippen LogP contribution < -0.4 is 11.1 Å². The van der Waals surface area contributed by atoms with Crippen LogP contribution in [-0.2, 0) is 0 Å². The number of nitrogens with two attached hydrogens (primary N) is 1. The second-order valence-electron chi connectivity index (χ2n) is 4.54. The van der Waals surface area contributed by atoms with Crippen molar-refractivity contribution in [3.63, 3.8) is 0 Å². The lowest BCUT2D eigenvalue weighted by molar-refractivity contribution is 0.0942. The molecular weight excluding hydrogens is 258 g/mol. The SMILES string of the molecule is CCC(CSC)NC(=O)c1c[nH]c2cc(N)ccc12. The Morgan fingerprint density at radius 1 is 1.53 bits per heavy atom. The number of hydrogen-bond donors (Lipinski definition) is 3. The molecule has 0 bridgehead atoms. The molecule has 4 nitrogen and oxygen atoms in total. The Labute approximate surface area is 117 Å². The highest BCUT2D eigenvalue weighted by atomic mass is 32.2. The Bertz CT molecular complexity index is 579. The number of nitrogen functional groups attached to an aromatic ring is 1. The lowest BCUT2D eigenvalue weighted by Gasteiger charge is -2.15. The predicted molar refractivity (Wildman–Crippen MR) is 82.6 cm³/mol. The van der Waals surface area contributed by atoms with Gasteiger partial charge in [-0.1, -0.05) is 6.92 Å². The molecule has 5 heteroatoms. The maximum absolute atomic E-state index is 12.3. The number of carbonyl (C=O) groups is 1. The van der Waals surface area contributed by atoms with Crippen LogP contribution in [0.25, 0.3) is 10.9 Å². The van der Waals surface area contributed by atoms with Crippen LogP contribution in [0.5, 0.6) is 0 Å². The number of anilines is 1. The van der Waals surface area contributed by atoms with Crippen molar-refractivity contribution in [3.05, 3.63) is 30.0 Å². The Morgan fingerprint density at radius 3 is 3.00 bits per heavy atom. The minimum atomic E-state index is -0.0306. The van der Waals surface area contributed by atoms with Gasteiger partial charge in [-0.3, -0.25) is 4.79 Å². The lowest BCUT2D eigenvalue weighted by atomic mass is 10.1. The van der Waals surface area contributed by atoms with E-state index >= 15 is 0 Å². The molecule has 0 saturated carbocycles. The van der Waals surface area contributed by atoms with E-state index in [0.29, 0.717) is 11.3 Å². The number of fused-ring (bicyclic) bond motifs is 1. The molecule has 4 N–H and O–H groups in total. The van der Waals surface area contributed by atoms with Crippen LogP contribution in [0.2, 0.25) is 0 Å². The molecule has 1 unspecified atom stereocenters. The Balaban J connectivity index is 2.21. The van der Waals surface area contributed by atoms with E-state index in [1.165, 1.54) is 0 Å². The van der Waals surface area contributed by atoms with Gasteiger partial charge in [0.1, 0.15) is 0 Å². The van der Waals surface area contributed by atoms with Gasteiger partial charge in [-0.15, -0.1) is 0 Å². The number of hydrogen-bond acceptors (Lipinski definition) is 3. The van der Waals surface area contributed by atoms with Crippen molar-refractivity contribution in [2.75, 3.05) is 17.7 Å². The molecule has 0 saturated heterocycles. The number of amides is 1. The summed E-state index contributed by atoms with van der Waals surface area (Å²) in [6.45, 7) is 2.08. The molecule has 0 radical (unpaired) electrons. The highest BCUT2D eigenvalue weighted by Gasteiger charge is 2.15. The number of aromatic amines is 1. The summed E-state index contributed by atoms with van der Waals surface area (Å²) in [5, 5.41) is 3.97. The Hall–Kier alpha value is -1.62. The minimum absolute atomic E-state index is 0.0306. The second-order valence-corrected chi connectivity index (χ2v) is 5.45. The first-order valence-electron chi connectivity index (χ1n) is 6.32. The molecule has 0 aliphatic heterocycles. The van der Waals surface area contributed by atoms with Gasteiger partial charge in [-0.2, -0.15) is 11.8 Å². The van der Waals surface area contributed by atoms with E-state index in [1.54, 1.807) is 18.0 Å². The Kier molecular flexibility index (Phi) is 4.37. The molecular formula is C14H19N3OS. The topological polar surface area (TPSA) is 70.9 Å². The van der Waals surface area contributed by atoms with Crippen LogP contribution in [0, 0.1) is 0 Å². The van der Waals surface area contributed by atoms with E-state index in [9.17, 15) is 4.79 Å². The fraction of sp³-hybridized carbons (Fsp3) is 0.357. The van der Waals surface area contributed by atoms with Crippen molar-refractivity contribution in [2.45, 2.75) is 19.4 Å².